The molecule has 4 saturated heterocycles. The second-order valence-corrected chi connectivity index (χ2v) is 24.1. The van der Waals surface area contributed by atoms with E-state index in [9.17, 15) is 9.90 Å². The molecule has 5 unspecified atom stereocenters. The second kappa shape index (κ2) is 14.4. The summed E-state index contributed by atoms with van der Waals surface area (Å²) in [4.78, 5) is 33.4. The Morgan fingerprint density at radius 1 is 1.07 bits per heavy atom. The van der Waals surface area contributed by atoms with Crippen molar-refractivity contribution in [1.82, 2.24) is 24.8 Å². The van der Waals surface area contributed by atoms with E-state index in [0.717, 1.165) is 37.9 Å². The number of hydrogen-bond donors (Lipinski definition) is 1. The van der Waals surface area contributed by atoms with E-state index >= 15 is 8.78 Å². The van der Waals surface area contributed by atoms with Crippen LogP contribution in [-0.2, 0) is 0 Å². The van der Waals surface area contributed by atoms with Gasteiger partial charge in [-0.2, -0.15) is 9.97 Å². The molecular weight excluding hydrogens is 767 g/mol. The van der Waals surface area contributed by atoms with Crippen LogP contribution >= 0.6 is 0 Å². The molecule has 10 nitrogen and oxygen atoms in total. The lowest BCUT2D eigenvalue weighted by Gasteiger charge is -2.47. The molecule has 5 atom stereocenters. The van der Waals surface area contributed by atoms with E-state index in [1.165, 1.54) is 6.07 Å². The van der Waals surface area contributed by atoms with Gasteiger partial charge in [0, 0.05) is 24.0 Å². The van der Waals surface area contributed by atoms with Crippen LogP contribution in [0.15, 0.2) is 42.5 Å². The molecule has 4 fully saturated rings. The van der Waals surface area contributed by atoms with E-state index in [2.05, 4.69) is 69.4 Å². The molecule has 310 valence electrons. The third kappa shape index (κ3) is 6.10. The molecule has 0 aliphatic carbocycles. The maximum atomic E-state index is 17.8. The molecule has 0 saturated carbocycles. The van der Waals surface area contributed by atoms with Crippen molar-refractivity contribution in [3.63, 3.8) is 0 Å². The Morgan fingerprint density at radius 3 is 2.56 bits per heavy atom. The number of rotatable bonds is 7. The van der Waals surface area contributed by atoms with Gasteiger partial charge in [0.05, 0.1) is 29.2 Å². The van der Waals surface area contributed by atoms with Crippen molar-refractivity contribution in [2.75, 3.05) is 31.1 Å². The highest BCUT2D eigenvalue weighted by Crippen LogP contribution is 2.48. The quantitative estimate of drug-likeness (QED) is 0.111. The first-order valence-electron chi connectivity index (χ1n) is 21.3. The second-order valence-electron chi connectivity index (χ2n) is 18.5. The standard InChI is InChI=1S/C46H54F2N6O4Si/c1-25(2)59(26(3)4,27(5)6)20-17-32-34(47)15-13-30-11-9-12-33(36(30)32)39-38(48)40-37-42(51-44(50-40)57-24-46-18-10-19-52(46)22-28(7)21-46)53-23-31-14-16-35(54(31)45(55)56)41(53)29(8)58-43(37)49-39/h9,11-13,15,25-27,29,31,35,41H,7,10,14,16,18-19,21-24H2,1-6,8H3,(H,55,56). The average molecular weight is 821 g/mol. The predicted molar refractivity (Wildman–Crippen MR) is 229 cm³/mol. The molecule has 13 heteroatoms. The molecule has 7 heterocycles. The van der Waals surface area contributed by atoms with Crippen molar-refractivity contribution in [2.24, 2.45) is 0 Å². The topological polar surface area (TPSA) is 104 Å². The van der Waals surface area contributed by atoms with Crippen LogP contribution in [0.1, 0.15) is 86.1 Å². The summed E-state index contributed by atoms with van der Waals surface area (Å²) in [6.07, 6.45) is 2.65. The first-order chi connectivity index (χ1) is 28.1. The summed E-state index contributed by atoms with van der Waals surface area (Å²) in [6.45, 7) is 21.9. The Labute approximate surface area is 346 Å². The fourth-order valence-electron chi connectivity index (χ4n) is 11.9. The number of benzene rings is 2. The third-order valence-electron chi connectivity index (χ3n) is 14.4. The van der Waals surface area contributed by atoms with Crippen molar-refractivity contribution in [3.8, 4) is 34.6 Å². The van der Waals surface area contributed by atoms with Crippen molar-refractivity contribution >= 4 is 41.7 Å². The normalized spacial score (nSPS) is 25.1. The smallest absolute Gasteiger partial charge is 0.407 e. The number of carbonyl (C=O) groups is 1. The molecule has 9 rings (SSSR count). The number of anilines is 1. The van der Waals surface area contributed by atoms with Gasteiger partial charge >= 0.3 is 12.1 Å². The number of ether oxygens (including phenoxy) is 2. The summed E-state index contributed by atoms with van der Waals surface area (Å²) in [5, 5.41) is 11.8. The molecule has 2 bridgehead atoms. The molecule has 5 aliphatic heterocycles. The number of aromatic nitrogens is 3. The minimum Gasteiger partial charge on any atom is -0.472 e. The van der Waals surface area contributed by atoms with Crippen molar-refractivity contribution < 1.29 is 28.2 Å². The number of halogens is 2. The minimum atomic E-state index is -2.28. The molecule has 2 aromatic carbocycles. The highest BCUT2D eigenvalue weighted by molar-refractivity contribution is 6.90. The summed E-state index contributed by atoms with van der Waals surface area (Å²) in [5.41, 5.74) is 6.12. The van der Waals surface area contributed by atoms with Gasteiger partial charge in [0.15, 0.2) is 5.82 Å². The summed E-state index contributed by atoms with van der Waals surface area (Å²) in [6, 6.07) is 7.54. The Bertz CT molecular complexity index is 2450. The van der Waals surface area contributed by atoms with Crippen LogP contribution in [0.4, 0.5) is 19.4 Å². The van der Waals surface area contributed by atoms with Gasteiger partial charge < -0.3 is 19.5 Å². The van der Waals surface area contributed by atoms with Gasteiger partial charge in [-0.1, -0.05) is 83.9 Å². The van der Waals surface area contributed by atoms with E-state index in [-0.39, 0.29) is 46.3 Å². The molecule has 1 N–H and O–H groups in total. The molecule has 2 aromatic heterocycles. The van der Waals surface area contributed by atoms with Crippen molar-refractivity contribution in [1.29, 1.82) is 0 Å². The van der Waals surface area contributed by atoms with Gasteiger partial charge in [-0.05, 0) is 73.6 Å². The Morgan fingerprint density at radius 2 is 1.83 bits per heavy atom. The lowest BCUT2D eigenvalue weighted by molar-refractivity contribution is 0.0706. The van der Waals surface area contributed by atoms with Gasteiger partial charge in [-0.25, -0.2) is 18.6 Å². The van der Waals surface area contributed by atoms with Crippen LogP contribution < -0.4 is 14.4 Å². The van der Waals surface area contributed by atoms with E-state index < -0.39 is 37.9 Å². The van der Waals surface area contributed by atoms with E-state index in [0.29, 0.717) is 70.2 Å². The van der Waals surface area contributed by atoms with E-state index in [1.54, 1.807) is 17.0 Å². The van der Waals surface area contributed by atoms with E-state index in [4.69, 9.17) is 24.4 Å². The van der Waals surface area contributed by atoms with Gasteiger partial charge in [0.1, 0.15) is 49.0 Å². The Balaban J connectivity index is 1.25. The van der Waals surface area contributed by atoms with Crippen LogP contribution in [0, 0.1) is 23.1 Å². The predicted octanol–water partition coefficient (Wildman–Crippen LogP) is 9.35. The van der Waals surface area contributed by atoms with Gasteiger partial charge in [-0.15, -0.1) is 5.54 Å². The number of pyridine rings is 1. The monoisotopic (exact) mass is 820 g/mol. The fraction of sp³-hybridized carbons (Fsp3) is 0.522. The largest absolute Gasteiger partial charge is 0.472 e. The molecule has 1 amide bonds. The lowest BCUT2D eigenvalue weighted by Crippen LogP contribution is -2.64. The first kappa shape index (κ1) is 39.6. The van der Waals surface area contributed by atoms with E-state index in [1.807, 2.05) is 19.1 Å². The zero-order valence-electron chi connectivity index (χ0n) is 35.1. The highest BCUT2D eigenvalue weighted by atomic mass is 28.3. The highest BCUT2D eigenvalue weighted by Gasteiger charge is 2.53. The summed E-state index contributed by atoms with van der Waals surface area (Å²) < 4.78 is 47.3. The summed E-state index contributed by atoms with van der Waals surface area (Å²) in [7, 11) is -2.28. The molecule has 0 spiro atoms. The Kier molecular flexibility index (Phi) is 9.70. The van der Waals surface area contributed by atoms with Crippen LogP contribution in [0.5, 0.6) is 11.9 Å². The van der Waals surface area contributed by atoms with Crippen LogP contribution in [0.25, 0.3) is 32.9 Å². The molecule has 4 aromatic rings. The van der Waals surface area contributed by atoms with Crippen LogP contribution in [0.3, 0.4) is 0 Å². The third-order valence-corrected chi connectivity index (χ3v) is 20.7. The molecule has 5 aliphatic rings. The van der Waals surface area contributed by atoms with Crippen molar-refractivity contribution in [3.05, 3.63) is 59.7 Å². The average Bonchev–Trinajstić information content (AvgIpc) is 3.80. The zero-order chi connectivity index (χ0) is 41.7. The fourth-order valence-corrected chi connectivity index (χ4v) is 17.1. The first-order valence-corrected chi connectivity index (χ1v) is 23.5. The number of piperazine rings is 1. The number of fused-ring (bicyclic) bond motifs is 7. The number of nitrogens with zero attached hydrogens (tertiary/aromatic N) is 6. The van der Waals surface area contributed by atoms with Gasteiger partial charge in [-0.3, -0.25) is 9.80 Å². The molecule has 0 radical (unpaired) electrons. The number of carboxylic acid groups (broad SMARTS) is 1. The van der Waals surface area contributed by atoms with Crippen LogP contribution in [0.2, 0.25) is 16.6 Å². The van der Waals surface area contributed by atoms with Gasteiger partial charge in [0.2, 0.25) is 5.88 Å². The molecular formula is C46H54F2N6O4Si. The molecule has 59 heavy (non-hydrogen) atoms. The number of amides is 1. The lowest BCUT2D eigenvalue weighted by atomic mass is 9.94. The maximum Gasteiger partial charge on any atom is 0.407 e. The zero-order valence-corrected chi connectivity index (χ0v) is 36.1. The summed E-state index contributed by atoms with van der Waals surface area (Å²) >= 11 is 0. The number of hydrogen-bond acceptors (Lipinski definition) is 8. The van der Waals surface area contributed by atoms with Gasteiger partial charge in [0.25, 0.3) is 0 Å². The summed E-state index contributed by atoms with van der Waals surface area (Å²) in [5.74, 6) is 2.71. The maximum absolute atomic E-state index is 17.8. The SMILES string of the molecule is C=C1CN2CCCC2(COc2nc3c4c(nc(-c5cccc6ccc(F)c(C#C[Si](C(C)C)(C(C)C)C(C)C)c56)c(F)c4n2)OC(C)C2C4CCC(CN32)N4C(=O)O)C1. The minimum absolute atomic E-state index is 0.0191. The Hall–Kier alpha value is -4.80. The van der Waals surface area contributed by atoms with Crippen LogP contribution in [-0.4, -0.2) is 100 Å². The van der Waals surface area contributed by atoms with Crippen molar-refractivity contribution in [2.45, 2.75) is 127 Å².